The van der Waals surface area contributed by atoms with Crippen LogP contribution in [0.1, 0.15) is 17.1 Å². The van der Waals surface area contributed by atoms with Crippen LogP contribution in [-0.4, -0.2) is 47.3 Å². The average Bonchev–Trinajstić information content (AvgIpc) is 2.34. The molecule has 8 nitrogen and oxygen atoms in total. The Bertz CT molecular complexity index is 601. The number of hydrogen-bond acceptors (Lipinski definition) is 6. The van der Waals surface area contributed by atoms with Crippen molar-refractivity contribution >= 4 is 16.2 Å². The van der Waals surface area contributed by atoms with Gasteiger partial charge in [0, 0.05) is 24.7 Å². The lowest BCUT2D eigenvalue weighted by Crippen LogP contribution is -2.35. The van der Waals surface area contributed by atoms with Crippen molar-refractivity contribution < 1.29 is 22.5 Å². The molecule has 0 unspecified atom stereocenters. The maximum Gasteiger partial charge on any atom is 0.407 e. The molecule has 0 aromatic carbocycles. The lowest BCUT2D eigenvalue weighted by molar-refractivity contribution is 0.139. The van der Waals surface area contributed by atoms with Crippen LogP contribution in [-0.2, 0) is 33.9 Å². The summed E-state index contributed by atoms with van der Waals surface area (Å²) in [6.07, 6.45) is 1.97. The minimum atomic E-state index is -3.53. The van der Waals surface area contributed by atoms with Crippen LogP contribution < -0.4 is 0 Å². The first-order valence-corrected chi connectivity index (χ1v) is 7.33. The predicted octanol–water partition coefficient (Wildman–Crippen LogP) is -0.0111. The topological polar surface area (TPSA) is 110 Å². The Morgan fingerprint density at radius 1 is 1.58 bits per heavy atom. The molecule has 1 aliphatic heterocycles. The molecule has 19 heavy (non-hydrogen) atoms. The van der Waals surface area contributed by atoms with Crippen LogP contribution in [0, 0.1) is 0 Å². The van der Waals surface area contributed by atoms with E-state index in [1.54, 1.807) is 0 Å². The molecule has 1 aromatic rings. The fourth-order valence-corrected chi connectivity index (χ4v) is 2.07. The van der Waals surface area contributed by atoms with Crippen LogP contribution in [0.3, 0.4) is 0 Å². The highest BCUT2D eigenvalue weighted by atomic mass is 32.2. The molecule has 1 N–H and O–H groups in total. The Morgan fingerprint density at radius 3 is 2.95 bits per heavy atom. The second-order valence-electron chi connectivity index (χ2n) is 4.18. The van der Waals surface area contributed by atoms with Gasteiger partial charge in [-0.25, -0.2) is 14.8 Å². The molecule has 1 aliphatic rings. The second kappa shape index (κ2) is 5.10. The predicted molar refractivity (Wildman–Crippen MR) is 63.8 cm³/mol. The van der Waals surface area contributed by atoms with Crippen molar-refractivity contribution in [3.8, 4) is 0 Å². The van der Waals surface area contributed by atoms with Crippen LogP contribution in [0.5, 0.6) is 0 Å². The summed E-state index contributed by atoms with van der Waals surface area (Å²) in [4.78, 5) is 20.3. The summed E-state index contributed by atoms with van der Waals surface area (Å²) < 4.78 is 26.3. The van der Waals surface area contributed by atoms with E-state index in [1.807, 2.05) is 0 Å². The molecule has 2 rings (SSSR count). The Balaban J connectivity index is 2.11. The van der Waals surface area contributed by atoms with Gasteiger partial charge in [-0.15, -0.1) is 0 Å². The number of rotatable bonds is 3. The summed E-state index contributed by atoms with van der Waals surface area (Å²) in [5.74, 6) is 0.271. The number of amides is 1. The number of hydrogen-bond donors (Lipinski definition) is 1. The fraction of sp³-hybridized carbons (Fsp3) is 0.500. The largest absolute Gasteiger partial charge is 0.465 e. The van der Waals surface area contributed by atoms with Gasteiger partial charge in [0.2, 0.25) is 0 Å². The number of nitrogens with zero attached hydrogens (tertiary/aromatic N) is 3. The summed E-state index contributed by atoms with van der Waals surface area (Å²) in [6, 6.07) is 0. The SMILES string of the molecule is CS(=O)(=O)OCc1ncc2c(n1)CCN(C(=O)O)C2. The minimum absolute atomic E-state index is 0.214. The normalized spacial score (nSPS) is 15.1. The van der Waals surface area contributed by atoms with E-state index in [4.69, 9.17) is 5.11 Å². The Morgan fingerprint density at radius 2 is 2.32 bits per heavy atom. The van der Waals surface area contributed by atoms with Gasteiger partial charge in [0.05, 0.1) is 18.5 Å². The van der Waals surface area contributed by atoms with Gasteiger partial charge in [0.25, 0.3) is 10.1 Å². The van der Waals surface area contributed by atoms with Crippen molar-refractivity contribution in [1.29, 1.82) is 0 Å². The van der Waals surface area contributed by atoms with E-state index >= 15 is 0 Å². The summed E-state index contributed by atoms with van der Waals surface area (Å²) in [6.45, 7) is 0.401. The van der Waals surface area contributed by atoms with E-state index in [-0.39, 0.29) is 19.0 Å². The summed E-state index contributed by atoms with van der Waals surface area (Å²) in [5, 5.41) is 8.89. The lowest BCUT2D eigenvalue weighted by Gasteiger charge is -2.25. The molecular weight excluding hydrogens is 274 g/mol. The summed E-state index contributed by atoms with van der Waals surface area (Å²) >= 11 is 0. The first kappa shape index (κ1) is 13.7. The van der Waals surface area contributed by atoms with Gasteiger partial charge in [0.15, 0.2) is 5.82 Å². The third-order valence-corrected chi connectivity index (χ3v) is 3.20. The van der Waals surface area contributed by atoms with Crippen molar-refractivity contribution in [2.45, 2.75) is 19.6 Å². The van der Waals surface area contributed by atoms with Crippen LogP contribution in [0.15, 0.2) is 6.20 Å². The molecule has 1 amide bonds. The van der Waals surface area contributed by atoms with Gasteiger partial charge >= 0.3 is 6.09 Å². The molecule has 1 aromatic heterocycles. The van der Waals surface area contributed by atoms with Gasteiger partial charge in [-0.2, -0.15) is 8.42 Å². The van der Waals surface area contributed by atoms with E-state index in [9.17, 15) is 13.2 Å². The third kappa shape index (κ3) is 3.61. The number of carboxylic acid groups (broad SMARTS) is 1. The molecule has 9 heteroatoms. The fourth-order valence-electron chi connectivity index (χ4n) is 1.75. The van der Waals surface area contributed by atoms with Crippen molar-refractivity contribution in [1.82, 2.24) is 14.9 Å². The molecule has 104 valence electrons. The van der Waals surface area contributed by atoms with Crippen molar-refractivity contribution in [3.05, 3.63) is 23.3 Å². The van der Waals surface area contributed by atoms with Crippen molar-refractivity contribution in [2.75, 3.05) is 12.8 Å². The smallest absolute Gasteiger partial charge is 0.407 e. The average molecular weight is 287 g/mol. The van der Waals surface area contributed by atoms with E-state index < -0.39 is 16.2 Å². The molecule has 0 aliphatic carbocycles. The first-order valence-electron chi connectivity index (χ1n) is 5.51. The Kier molecular flexibility index (Phi) is 3.67. The monoisotopic (exact) mass is 287 g/mol. The molecule has 0 saturated carbocycles. The third-order valence-electron chi connectivity index (χ3n) is 2.66. The summed E-state index contributed by atoms with van der Waals surface area (Å²) in [7, 11) is -3.53. The molecule has 2 heterocycles. The molecule has 0 radical (unpaired) electrons. The van der Waals surface area contributed by atoms with Gasteiger partial charge in [0.1, 0.15) is 6.61 Å². The minimum Gasteiger partial charge on any atom is -0.465 e. The maximum absolute atomic E-state index is 10.9. The van der Waals surface area contributed by atoms with Crippen LogP contribution in [0.2, 0.25) is 0 Å². The zero-order valence-electron chi connectivity index (χ0n) is 10.2. The highest BCUT2D eigenvalue weighted by Gasteiger charge is 2.21. The van der Waals surface area contributed by atoms with E-state index in [2.05, 4.69) is 14.2 Å². The van der Waals surface area contributed by atoms with E-state index in [0.717, 1.165) is 17.5 Å². The molecule has 0 atom stereocenters. The Labute approximate surface area is 110 Å². The second-order valence-corrected chi connectivity index (χ2v) is 5.82. The van der Waals surface area contributed by atoms with E-state index in [0.29, 0.717) is 13.0 Å². The molecular formula is C10H13N3O5S. The van der Waals surface area contributed by atoms with Crippen LogP contribution in [0.25, 0.3) is 0 Å². The summed E-state index contributed by atoms with van der Waals surface area (Å²) in [5.41, 5.74) is 1.47. The number of fused-ring (bicyclic) bond motifs is 1. The highest BCUT2D eigenvalue weighted by Crippen LogP contribution is 2.16. The molecule has 0 saturated heterocycles. The molecule has 0 spiro atoms. The lowest BCUT2D eigenvalue weighted by atomic mass is 10.1. The highest BCUT2D eigenvalue weighted by molar-refractivity contribution is 7.85. The standard InChI is InChI=1S/C10H13N3O5S/c1-19(16,17)18-6-9-11-4-7-5-13(10(14)15)3-2-8(7)12-9/h4H,2-3,5-6H2,1H3,(H,14,15). The van der Waals surface area contributed by atoms with Crippen LogP contribution >= 0.6 is 0 Å². The van der Waals surface area contributed by atoms with Gasteiger partial charge < -0.3 is 10.0 Å². The van der Waals surface area contributed by atoms with Gasteiger partial charge in [-0.1, -0.05) is 0 Å². The molecule has 0 fully saturated rings. The van der Waals surface area contributed by atoms with Gasteiger partial charge in [-0.3, -0.25) is 4.18 Å². The maximum atomic E-state index is 10.9. The van der Waals surface area contributed by atoms with E-state index in [1.165, 1.54) is 11.1 Å². The van der Waals surface area contributed by atoms with Crippen molar-refractivity contribution in [3.63, 3.8) is 0 Å². The number of aromatic nitrogens is 2. The van der Waals surface area contributed by atoms with Crippen LogP contribution in [0.4, 0.5) is 4.79 Å². The number of carbonyl (C=O) groups is 1. The van der Waals surface area contributed by atoms with Crippen molar-refractivity contribution in [2.24, 2.45) is 0 Å². The quantitative estimate of drug-likeness (QED) is 0.778. The zero-order valence-corrected chi connectivity index (χ0v) is 11.1. The molecule has 0 bridgehead atoms. The first-order chi connectivity index (χ1) is 8.85. The zero-order chi connectivity index (χ0) is 14.0. The Hall–Kier alpha value is -1.74. The van der Waals surface area contributed by atoms with Gasteiger partial charge in [-0.05, 0) is 0 Å².